The van der Waals surface area contributed by atoms with Crippen molar-refractivity contribution in [1.82, 2.24) is 19.3 Å². The summed E-state index contributed by atoms with van der Waals surface area (Å²) >= 11 is 3.70. The van der Waals surface area contributed by atoms with Crippen molar-refractivity contribution in [2.24, 2.45) is 0 Å². The number of hydrogen-bond acceptors (Lipinski definition) is 7. The van der Waals surface area contributed by atoms with Gasteiger partial charge in [0.2, 0.25) is 0 Å². The zero-order chi connectivity index (χ0) is 28.9. The minimum atomic E-state index is -4.04. The zero-order valence-electron chi connectivity index (χ0n) is 22.6. The first-order valence-electron chi connectivity index (χ1n) is 13.4. The second-order valence-corrected chi connectivity index (χ2v) is 12.9. The number of halogens is 1. The summed E-state index contributed by atoms with van der Waals surface area (Å²) in [7, 11) is -4.04. The van der Waals surface area contributed by atoms with Gasteiger partial charge in [-0.25, -0.2) is 4.68 Å². The van der Waals surface area contributed by atoms with Crippen LogP contribution in [0.5, 0.6) is 11.5 Å². The van der Waals surface area contributed by atoms with Crippen molar-refractivity contribution in [2.75, 3.05) is 6.61 Å². The number of aromatic nitrogens is 3. The van der Waals surface area contributed by atoms with E-state index in [9.17, 15) is 18.3 Å². The molecule has 4 heterocycles. The van der Waals surface area contributed by atoms with Crippen LogP contribution >= 0.6 is 15.9 Å². The van der Waals surface area contributed by atoms with Gasteiger partial charge in [-0.15, -0.1) is 5.10 Å². The van der Waals surface area contributed by atoms with Gasteiger partial charge in [0.25, 0.3) is 0 Å². The molecule has 214 valence electrons. The van der Waals surface area contributed by atoms with Crippen LogP contribution in [0, 0.1) is 13.8 Å². The number of carbonyl (C=O) groups is 1. The van der Waals surface area contributed by atoms with E-state index < -0.39 is 22.2 Å². The second-order valence-electron chi connectivity index (χ2n) is 10.6. The lowest BCUT2D eigenvalue weighted by Crippen LogP contribution is -2.37. The first kappa shape index (κ1) is 27.7. The molecule has 12 heteroatoms. The molecule has 1 unspecified atom stereocenters. The van der Waals surface area contributed by atoms with Crippen LogP contribution in [0.4, 0.5) is 0 Å². The number of hydrogen-bond donors (Lipinski definition) is 1. The summed E-state index contributed by atoms with van der Waals surface area (Å²) in [5.74, 6) is -0.486. The molecule has 0 aliphatic carbocycles. The molecule has 0 spiro atoms. The lowest BCUT2D eigenvalue weighted by Gasteiger charge is -2.29. The highest BCUT2D eigenvalue weighted by Crippen LogP contribution is 2.38. The molecule has 0 saturated carbocycles. The van der Waals surface area contributed by atoms with Gasteiger partial charge in [-0.2, -0.15) is 12.7 Å². The van der Waals surface area contributed by atoms with E-state index in [1.165, 1.54) is 4.31 Å². The molecule has 1 aromatic heterocycles. The van der Waals surface area contributed by atoms with E-state index >= 15 is 0 Å². The molecular weight excluding hydrogens is 612 g/mol. The number of rotatable bonds is 2. The van der Waals surface area contributed by atoms with Gasteiger partial charge in [-0.3, -0.25) is 4.79 Å². The summed E-state index contributed by atoms with van der Waals surface area (Å²) in [6.45, 7) is 5.18. The quantitative estimate of drug-likeness (QED) is 0.316. The van der Waals surface area contributed by atoms with Gasteiger partial charge in [-0.05, 0) is 94.7 Å². The first-order chi connectivity index (χ1) is 19.6. The maximum absolute atomic E-state index is 13.1. The Hall–Kier alpha value is -3.48. The van der Waals surface area contributed by atoms with Crippen LogP contribution < -0.4 is 8.92 Å². The van der Waals surface area contributed by atoms with Crippen molar-refractivity contribution in [2.45, 2.75) is 58.7 Å². The van der Waals surface area contributed by atoms with E-state index in [-0.39, 0.29) is 19.5 Å². The van der Waals surface area contributed by atoms with Gasteiger partial charge in [0.15, 0.2) is 0 Å². The van der Waals surface area contributed by atoms with Crippen LogP contribution in [-0.2, 0) is 34.7 Å². The molecule has 0 saturated heterocycles. The smallest absolute Gasteiger partial charge is 0.385 e. The Morgan fingerprint density at radius 2 is 1.90 bits per heavy atom. The summed E-state index contributed by atoms with van der Waals surface area (Å²) in [4.78, 5) is 12.1. The molecule has 3 aliphatic rings. The topological polar surface area (TPSA) is 124 Å². The molecule has 7 rings (SSSR count). The van der Waals surface area contributed by atoms with Crippen LogP contribution in [-0.4, -0.2) is 45.4 Å². The fourth-order valence-electron chi connectivity index (χ4n) is 5.60. The molecule has 4 aromatic rings. The van der Waals surface area contributed by atoms with Crippen molar-refractivity contribution in [1.29, 1.82) is 0 Å². The molecule has 0 fully saturated rings. The predicted molar refractivity (Wildman–Crippen MR) is 155 cm³/mol. The minimum absolute atomic E-state index is 0.0718. The van der Waals surface area contributed by atoms with E-state index in [4.69, 9.17) is 8.92 Å². The first-order valence-corrected chi connectivity index (χ1v) is 15.5. The number of nitrogens with zero attached hydrogens (tertiary/aromatic N) is 4. The third-order valence-electron chi connectivity index (χ3n) is 7.83. The lowest BCUT2D eigenvalue weighted by atomic mass is 9.84. The van der Waals surface area contributed by atoms with Gasteiger partial charge < -0.3 is 14.0 Å². The number of benzene rings is 3. The third kappa shape index (κ3) is 5.31. The molecule has 3 aromatic carbocycles. The summed E-state index contributed by atoms with van der Waals surface area (Å²) < 4.78 is 41.6. The van der Waals surface area contributed by atoms with Crippen LogP contribution in [0.3, 0.4) is 0 Å². The molecular formula is C29H29BrN4O6S. The maximum atomic E-state index is 13.1. The monoisotopic (exact) mass is 640 g/mol. The average Bonchev–Trinajstić information content (AvgIpc) is 3.35. The average molecular weight is 642 g/mol. The summed E-state index contributed by atoms with van der Waals surface area (Å²) in [6.07, 6.45) is 1.44. The van der Waals surface area contributed by atoms with Crippen LogP contribution in [0.2, 0.25) is 0 Å². The minimum Gasteiger partial charge on any atom is -0.494 e. The summed E-state index contributed by atoms with van der Waals surface area (Å²) in [5.41, 5.74) is 6.41. The number of carboxylic acid groups (broad SMARTS) is 1. The zero-order valence-corrected chi connectivity index (χ0v) is 25.0. The van der Waals surface area contributed by atoms with Gasteiger partial charge in [-0.1, -0.05) is 23.4 Å². The standard InChI is InChI=1S/C29H29BrN4O6S/c1-17-5-6-19-11-20(17)15-33-16-21-12-22(7-8-26(21)40-41(33,37)38)39-10-4-3-9-34-29-25(30)13-23(24(19)14-27(35)36)18(2)28(29)31-32-34/h5-8,11-13,24H,3-4,9-10,14-16H2,1-2H3,(H,35,36)/t24-/m1/s1. The van der Waals surface area contributed by atoms with E-state index in [0.29, 0.717) is 35.7 Å². The van der Waals surface area contributed by atoms with Crippen molar-refractivity contribution >= 4 is 43.2 Å². The van der Waals surface area contributed by atoms with Crippen molar-refractivity contribution < 1.29 is 27.2 Å². The SMILES string of the molecule is Cc1ccc2cc1CN1Cc3cc(ccc3OS1(=O)=O)OCCCCn1nnc3c(C)c(cc(Br)c31)[C@@H]2CC(=O)O. The highest BCUT2D eigenvalue weighted by atomic mass is 79.9. The van der Waals surface area contributed by atoms with Gasteiger partial charge in [0, 0.05) is 35.6 Å². The molecule has 2 atom stereocenters. The van der Waals surface area contributed by atoms with Gasteiger partial charge >= 0.3 is 16.3 Å². The van der Waals surface area contributed by atoms with E-state index in [1.54, 1.807) is 12.1 Å². The van der Waals surface area contributed by atoms with E-state index in [2.05, 4.69) is 26.2 Å². The number of aryl methyl sites for hydroxylation is 3. The Balaban J connectivity index is 1.50. The lowest BCUT2D eigenvalue weighted by molar-refractivity contribution is -0.137. The van der Waals surface area contributed by atoms with Crippen LogP contribution in [0.15, 0.2) is 46.9 Å². The Labute approximate surface area is 246 Å². The number of ether oxygens (including phenoxy) is 1. The van der Waals surface area contributed by atoms with E-state index in [0.717, 1.165) is 50.6 Å². The Kier molecular flexibility index (Phi) is 7.25. The fourth-order valence-corrected chi connectivity index (χ4v) is 7.32. The van der Waals surface area contributed by atoms with Crippen molar-refractivity contribution in [3.63, 3.8) is 0 Å². The third-order valence-corrected chi connectivity index (χ3v) is 9.72. The Morgan fingerprint density at radius 1 is 1.10 bits per heavy atom. The Morgan fingerprint density at radius 3 is 2.71 bits per heavy atom. The molecule has 0 radical (unpaired) electrons. The highest BCUT2D eigenvalue weighted by molar-refractivity contribution is 9.10. The molecule has 3 aliphatic heterocycles. The summed E-state index contributed by atoms with van der Waals surface area (Å²) in [6, 6.07) is 12.8. The highest BCUT2D eigenvalue weighted by Gasteiger charge is 2.33. The molecule has 10 nitrogen and oxygen atoms in total. The van der Waals surface area contributed by atoms with Crippen molar-refractivity contribution in [3.05, 3.63) is 80.3 Å². The fraction of sp³-hybridized carbons (Fsp3) is 0.345. The normalized spacial score (nSPS) is 20.1. The van der Waals surface area contributed by atoms with Gasteiger partial charge in [0.1, 0.15) is 22.5 Å². The second kappa shape index (κ2) is 10.7. The predicted octanol–water partition coefficient (Wildman–Crippen LogP) is 5.23. The van der Waals surface area contributed by atoms with Gasteiger partial charge in [0.05, 0.1) is 13.0 Å². The Bertz CT molecular complexity index is 1790. The molecule has 0 amide bonds. The number of carboxylic acids is 1. The molecule has 1 N–H and O–H groups in total. The molecule has 41 heavy (non-hydrogen) atoms. The van der Waals surface area contributed by atoms with Crippen LogP contribution in [0.25, 0.3) is 11.0 Å². The number of aliphatic carboxylic acids is 1. The summed E-state index contributed by atoms with van der Waals surface area (Å²) in [5, 5.41) is 18.8. The molecule has 9 bridgehead atoms. The number of fused-ring (bicyclic) bond motifs is 5. The van der Waals surface area contributed by atoms with Crippen molar-refractivity contribution in [3.8, 4) is 11.5 Å². The maximum Gasteiger partial charge on any atom is 0.385 e. The largest absolute Gasteiger partial charge is 0.494 e. The van der Waals surface area contributed by atoms with Crippen LogP contribution in [0.1, 0.15) is 58.6 Å². The van der Waals surface area contributed by atoms with E-state index in [1.807, 2.05) is 48.9 Å².